The summed E-state index contributed by atoms with van der Waals surface area (Å²) in [5.41, 5.74) is 1.65. The number of rotatable bonds is 7. The van der Waals surface area contributed by atoms with E-state index in [1.54, 1.807) is 6.07 Å². The van der Waals surface area contributed by atoms with E-state index >= 15 is 0 Å². The zero-order valence-corrected chi connectivity index (χ0v) is 19.0. The second kappa shape index (κ2) is 9.87. The number of thioether (sulfide) groups is 1. The normalized spacial score (nSPS) is 16.8. The predicted octanol–water partition coefficient (Wildman–Crippen LogP) is 3.66. The van der Waals surface area contributed by atoms with Gasteiger partial charge in [0.25, 0.3) is 0 Å². The summed E-state index contributed by atoms with van der Waals surface area (Å²) in [6.45, 7) is 3.53. The Kier molecular flexibility index (Phi) is 6.97. The van der Waals surface area contributed by atoms with Crippen molar-refractivity contribution in [1.82, 2.24) is 15.3 Å². The summed E-state index contributed by atoms with van der Waals surface area (Å²) in [6.07, 6.45) is 5.40. The van der Waals surface area contributed by atoms with Crippen LogP contribution in [0, 0.1) is 12.8 Å². The quantitative estimate of drug-likeness (QED) is 0.485. The van der Waals surface area contributed by atoms with E-state index in [1.165, 1.54) is 18.1 Å². The summed E-state index contributed by atoms with van der Waals surface area (Å²) in [7, 11) is 0. The molecular formula is C22H26ClN5O2S. The van der Waals surface area contributed by atoms with Gasteiger partial charge in [-0.25, -0.2) is 9.97 Å². The number of carbonyl (C=O) groups excluding carboxylic acids is 2. The highest BCUT2D eigenvalue weighted by Gasteiger charge is 2.30. The Morgan fingerprint density at radius 3 is 2.65 bits per heavy atom. The molecule has 0 bridgehead atoms. The third kappa shape index (κ3) is 6.11. The topological polar surface area (TPSA) is 87.2 Å². The molecule has 31 heavy (non-hydrogen) atoms. The van der Waals surface area contributed by atoms with Crippen molar-refractivity contribution >= 4 is 46.7 Å². The van der Waals surface area contributed by atoms with Gasteiger partial charge >= 0.3 is 0 Å². The van der Waals surface area contributed by atoms with Gasteiger partial charge in [0.2, 0.25) is 11.8 Å². The fraction of sp³-hybridized carbons (Fsp3) is 0.455. The van der Waals surface area contributed by atoms with Crippen LogP contribution in [-0.4, -0.2) is 46.7 Å². The second-order valence-corrected chi connectivity index (χ2v) is 9.48. The Morgan fingerprint density at radius 2 is 1.94 bits per heavy atom. The van der Waals surface area contributed by atoms with Gasteiger partial charge in [-0.05, 0) is 50.3 Å². The van der Waals surface area contributed by atoms with Crippen molar-refractivity contribution < 1.29 is 9.59 Å². The van der Waals surface area contributed by atoms with Gasteiger partial charge in [-0.2, -0.15) is 0 Å². The Hall–Kier alpha value is -2.32. The minimum atomic E-state index is -0.140. The summed E-state index contributed by atoms with van der Waals surface area (Å²) in [5.74, 6) is 1.20. The smallest absolute Gasteiger partial charge is 0.234 e. The monoisotopic (exact) mass is 459 g/mol. The van der Waals surface area contributed by atoms with Crippen LogP contribution in [0.1, 0.15) is 31.2 Å². The van der Waals surface area contributed by atoms with Crippen molar-refractivity contribution in [1.29, 1.82) is 0 Å². The molecule has 1 saturated carbocycles. The molecule has 0 unspecified atom stereocenters. The molecule has 2 fully saturated rings. The number of hydrogen-bond acceptors (Lipinski definition) is 6. The fourth-order valence-electron chi connectivity index (χ4n) is 3.55. The van der Waals surface area contributed by atoms with Crippen molar-refractivity contribution in [3.63, 3.8) is 0 Å². The van der Waals surface area contributed by atoms with E-state index < -0.39 is 0 Å². The molecule has 1 aliphatic heterocycles. The molecule has 0 spiro atoms. The number of benzene rings is 1. The summed E-state index contributed by atoms with van der Waals surface area (Å²) < 4.78 is 0. The lowest BCUT2D eigenvalue weighted by molar-refractivity contribution is -0.125. The fourth-order valence-corrected chi connectivity index (χ4v) is 4.49. The maximum Gasteiger partial charge on any atom is 0.234 e. The molecule has 2 heterocycles. The van der Waals surface area contributed by atoms with Gasteiger partial charge in [-0.15, -0.1) is 0 Å². The summed E-state index contributed by atoms with van der Waals surface area (Å²) in [4.78, 5) is 35.4. The maximum absolute atomic E-state index is 12.3. The number of nitrogens with one attached hydrogen (secondary N) is 2. The van der Waals surface area contributed by atoms with Crippen molar-refractivity contribution in [3.8, 4) is 0 Å². The van der Waals surface area contributed by atoms with Crippen molar-refractivity contribution in [3.05, 3.63) is 41.2 Å². The molecule has 1 aromatic carbocycles. The first kappa shape index (κ1) is 21.9. The molecule has 2 N–H and O–H groups in total. The van der Waals surface area contributed by atoms with Crippen LogP contribution in [0.15, 0.2) is 35.6 Å². The lowest BCUT2D eigenvalue weighted by Crippen LogP contribution is -2.41. The third-order valence-corrected chi connectivity index (χ3v) is 6.73. The molecule has 164 valence electrons. The highest BCUT2D eigenvalue weighted by atomic mass is 35.5. The van der Waals surface area contributed by atoms with Gasteiger partial charge in [0.05, 0.1) is 16.5 Å². The van der Waals surface area contributed by atoms with Crippen LogP contribution in [-0.2, 0) is 9.59 Å². The zero-order valence-electron chi connectivity index (χ0n) is 17.4. The van der Waals surface area contributed by atoms with E-state index in [0.29, 0.717) is 16.8 Å². The first-order valence-electron chi connectivity index (χ1n) is 10.5. The van der Waals surface area contributed by atoms with Crippen molar-refractivity contribution in [2.24, 2.45) is 5.92 Å². The molecule has 9 heteroatoms. The largest absolute Gasteiger partial charge is 0.356 e. The lowest BCUT2D eigenvalue weighted by atomic mass is 9.96. The molecule has 2 aliphatic rings. The van der Waals surface area contributed by atoms with Gasteiger partial charge in [-0.1, -0.05) is 29.4 Å². The molecule has 0 atom stereocenters. The van der Waals surface area contributed by atoms with Gasteiger partial charge in [0, 0.05) is 31.1 Å². The molecule has 1 saturated heterocycles. The number of halogens is 1. The number of amides is 2. The molecular weight excluding hydrogens is 434 g/mol. The summed E-state index contributed by atoms with van der Waals surface area (Å²) in [5, 5.41) is 7.21. The number of anilines is 2. The first-order chi connectivity index (χ1) is 15.0. The van der Waals surface area contributed by atoms with Crippen LogP contribution in [0.4, 0.5) is 11.5 Å². The van der Waals surface area contributed by atoms with Gasteiger partial charge in [-0.3, -0.25) is 9.59 Å². The third-order valence-electron chi connectivity index (χ3n) is 5.49. The van der Waals surface area contributed by atoms with Crippen molar-refractivity contribution in [2.75, 3.05) is 29.1 Å². The number of piperidine rings is 1. The van der Waals surface area contributed by atoms with E-state index in [4.69, 9.17) is 11.6 Å². The van der Waals surface area contributed by atoms with Crippen LogP contribution in [0.25, 0.3) is 0 Å². The highest BCUT2D eigenvalue weighted by molar-refractivity contribution is 7.99. The van der Waals surface area contributed by atoms with Crippen LogP contribution >= 0.6 is 23.4 Å². The van der Waals surface area contributed by atoms with Crippen molar-refractivity contribution in [2.45, 2.75) is 43.7 Å². The number of carbonyl (C=O) groups is 2. The highest BCUT2D eigenvalue weighted by Crippen LogP contribution is 2.27. The van der Waals surface area contributed by atoms with E-state index in [1.807, 2.05) is 25.1 Å². The van der Waals surface area contributed by atoms with E-state index in [2.05, 4.69) is 25.5 Å². The Bertz CT molecular complexity index is 961. The molecule has 1 aliphatic carbocycles. The number of nitrogens with zero attached hydrogens (tertiary/aromatic N) is 3. The lowest BCUT2D eigenvalue weighted by Gasteiger charge is -2.32. The van der Waals surface area contributed by atoms with E-state index in [9.17, 15) is 9.59 Å². The van der Waals surface area contributed by atoms with Crippen LogP contribution < -0.4 is 15.5 Å². The summed E-state index contributed by atoms with van der Waals surface area (Å²) >= 11 is 7.54. The molecule has 0 radical (unpaired) electrons. The van der Waals surface area contributed by atoms with E-state index in [-0.39, 0.29) is 23.5 Å². The number of hydrogen-bond donors (Lipinski definition) is 2. The van der Waals surface area contributed by atoms with Crippen LogP contribution in [0.3, 0.4) is 0 Å². The Balaban J connectivity index is 1.27. The minimum Gasteiger partial charge on any atom is -0.356 e. The van der Waals surface area contributed by atoms with Gasteiger partial charge in [0.1, 0.15) is 17.2 Å². The van der Waals surface area contributed by atoms with Crippen LogP contribution in [0.5, 0.6) is 0 Å². The standard InChI is InChI=1S/C22H26ClN5O2S/c1-14-2-5-18(17(23)10-14)27-20(29)12-31-21-11-19(24-13-25-21)28-8-6-15(7-9-28)22(30)26-16-3-4-16/h2,5,10-11,13,15-16H,3-4,6-9,12H2,1H3,(H,26,30)(H,27,29). The molecule has 7 nitrogen and oxygen atoms in total. The van der Waals surface area contributed by atoms with E-state index in [0.717, 1.165) is 55.2 Å². The number of aromatic nitrogens is 2. The molecule has 1 aromatic heterocycles. The Morgan fingerprint density at radius 1 is 1.16 bits per heavy atom. The minimum absolute atomic E-state index is 0.0878. The second-order valence-electron chi connectivity index (χ2n) is 8.08. The van der Waals surface area contributed by atoms with Gasteiger partial charge < -0.3 is 15.5 Å². The average Bonchev–Trinajstić information content (AvgIpc) is 3.58. The van der Waals surface area contributed by atoms with Crippen LogP contribution in [0.2, 0.25) is 5.02 Å². The van der Waals surface area contributed by atoms with Gasteiger partial charge in [0.15, 0.2) is 0 Å². The SMILES string of the molecule is Cc1ccc(NC(=O)CSc2cc(N3CCC(C(=O)NC4CC4)CC3)ncn2)c(Cl)c1. The zero-order chi connectivity index (χ0) is 21.8. The maximum atomic E-state index is 12.3. The molecule has 2 amide bonds. The first-order valence-corrected chi connectivity index (χ1v) is 11.9. The predicted molar refractivity (Wildman–Crippen MR) is 124 cm³/mol. The molecule has 2 aromatic rings. The molecule has 4 rings (SSSR count). The summed E-state index contributed by atoms with van der Waals surface area (Å²) in [6, 6.07) is 7.84. The Labute approximate surface area is 191 Å². The average molecular weight is 460 g/mol. The number of aryl methyl sites for hydroxylation is 1.